The monoisotopic (exact) mass is 393 g/mol. The van der Waals surface area contributed by atoms with Crippen molar-refractivity contribution in [3.63, 3.8) is 0 Å². The van der Waals surface area contributed by atoms with E-state index in [1.54, 1.807) is 18.2 Å². The minimum absolute atomic E-state index is 0. The molecule has 112 valence electrons. The van der Waals surface area contributed by atoms with Crippen molar-refractivity contribution in [1.82, 2.24) is 5.32 Å². The molecule has 0 spiro atoms. The molecule has 20 heavy (non-hydrogen) atoms. The van der Waals surface area contributed by atoms with Crippen LogP contribution < -0.4 is 16.4 Å². The lowest BCUT2D eigenvalue weighted by Gasteiger charge is -2.08. The van der Waals surface area contributed by atoms with Gasteiger partial charge in [-0.25, -0.2) is 0 Å². The predicted molar refractivity (Wildman–Crippen MR) is 91.8 cm³/mol. The number of para-hydroxylation sites is 2. The van der Waals surface area contributed by atoms with Crippen LogP contribution in [0.1, 0.15) is 13.3 Å². The van der Waals surface area contributed by atoms with Gasteiger partial charge in [0.05, 0.1) is 4.92 Å². The van der Waals surface area contributed by atoms with Crippen molar-refractivity contribution in [2.75, 3.05) is 25.0 Å². The molecule has 1 aromatic carbocycles. The Hall–Kier alpha value is -1.58. The lowest BCUT2D eigenvalue weighted by molar-refractivity contribution is -0.384. The third-order valence-electron chi connectivity index (χ3n) is 2.35. The quantitative estimate of drug-likeness (QED) is 0.164. The fourth-order valence-corrected chi connectivity index (χ4v) is 1.46. The van der Waals surface area contributed by atoms with Crippen LogP contribution in [0.2, 0.25) is 0 Å². The van der Waals surface area contributed by atoms with Crippen LogP contribution in [0, 0.1) is 10.1 Å². The van der Waals surface area contributed by atoms with Gasteiger partial charge in [0, 0.05) is 25.7 Å². The van der Waals surface area contributed by atoms with Crippen LogP contribution in [0.5, 0.6) is 0 Å². The number of nitro groups is 1. The highest BCUT2D eigenvalue weighted by Crippen LogP contribution is 2.22. The number of nitrogens with zero attached hydrogens (tertiary/aromatic N) is 2. The number of rotatable bonds is 7. The van der Waals surface area contributed by atoms with E-state index in [9.17, 15) is 10.1 Å². The highest BCUT2D eigenvalue weighted by Gasteiger charge is 2.10. The Kier molecular flexibility index (Phi) is 9.43. The van der Waals surface area contributed by atoms with Crippen LogP contribution in [0.25, 0.3) is 0 Å². The molecule has 0 saturated carbocycles. The third kappa shape index (κ3) is 6.55. The van der Waals surface area contributed by atoms with Crippen molar-refractivity contribution in [2.45, 2.75) is 13.3 Å². The van der Waals surface area contributed by atoms with Crippen molar-refractivity contribution in [2.24, 2.45) is 10.7 Å². The zero-order valence-corrected chi connectivity index (χ0v) is 13.7. The first kappa shape index (κ1) is 18.4. The summed E-state index contributed by atoms with van der Waals surface area (Å²) in [7, 11) is 0. The van der Waals surface area contributed by atoms with Gasteiger partial charge >= 0.3 is 0 Å². The summed E-state index contributed by atoms with van der Waals surface area (Å²) in [5.74, 6) is 0.395. The van der Waals surface area contributed by atoms with Gasteiger partial charge in [0.25, 0.3) is 5.69 Å². The molecule has 0 amide bonds. The Balaban J connectivity index is 0.00000361. The maximum absolute atomic E-state index is 10.8. The molecule has 0 aliphatic heterocycles. The molecule has 4 N–H and O–H groups in total. The fraction of sp³-hybridized carbons (Fsp3) is 0.417. The second kappa shape index (κ2) is 10.2. The Bertz CT molecular complexity index is 453. The third-order valence-corrected chi connectivity index (χ3v) is 2.35. The molecule has 1 aromatic rings. The van der Waals surface area contributed by atoms with E-state index in [4.69, 9.17) is 5.73 Å². The summed E-state index contributed by atoms with van der Waals surface area (Å²) in [6.07, 6.45) is 0.941. The molecule has 0 saturated heterocycles. The van der Waals surface area contributed by atoms with E-state index in [-0.39, 0.29) is 29.7 Å². The fourth-order valence-electron chi connectivity index (χ4n) is 1.46. The lowest BCUT2D eigenvalue weighted by Crippen LogP contribution is -2.35. The van der Waals surface area contributed by atoms with Crippen LogP contribution in [-0.4, -0.2) is 30.5 Å². The number of aliphatic imine (C=N–C) groups is 1. The molecule has 8 heteroatoms. The molecule has 0 aromatic heterocycles. The van der Waals surface area contributed by atoms with E-state index >= 15 is 0 Å². The van der Waals surface area contributed by atoms with Gasteiger partial charge in [-0.05, 0) is 12.5 Å². The number of hydrogen-bond acceptors (Lipinski definition) is 4. The number of anilines is 1. The Morgan fingerprint density at radius 2 is 2.10 bits per heavy atom. The topological polar surface area (TPSA) is 106 Å². The average molecular weight is 393 g/mol. The molecule has 0 unspecified atom stereocenters. The van der Waals surface area contributed by atoms with Crippen LogP contribution in [0.15, 0.2) is 29.3 Å². The Morgan fingerprint density at radius 3 is 2.75 bits per heavy atom. The van der Waals surface area contributed by atoms with E-state index in [2.05, 4.69) is 15.6 Å². The number of hydrogen-bond donors (Lipinski definition) is 3. The van der Waals surface area contributed by atoms with Gasteiger partial charge in [-0.3, -0.25) is 15.1 Å². The summed E-state index contributed by atoms with van der Waals surface area (Å²) in [5.41, 5.74) is 6.18. The summed E-state index contributed by atoms with van der Waals surface area (Å²) in [6, 6.07) is 6.52. The van der Waals surface area contributed by atoms with Crippen molar-refractivity contribution < 1.29 is 4.92 Å². The first-order chi connectivity index (χ1) is 9.15. The van der Waals surface area contributed by atoms with Crippen LogP contribution in [0.4, 0.5) is 11.4 Å². The summed E-state index contributed by atoms with van der Waals surface area (Å²) < 4.78 is 0. The molecule has 0 aliphatic rings. The number of nitrogens with two attached hydrogens (primary N) is 1. The molecule has 0 radical (unpaired) electrons. The predicted octanol–water partition coefficient (Wildman–Crippen LogP) is 1.94. The van der Waals surface area contributed by atoms with Crippen molar-refractivity contribution in [1.29, 1.82) is 0 Å². The van der Waals surface area contributed by atoms with Crippen molar-refractivity contribution in [3.05, 3.63) is 34.4 Å². The minimum Gasteiger partial charge on any atom is -0.378 e. The van der Waals surface area contributed by atoms with Crippen molar-refractivity contribution >= 4 is 41.3 Å². The molecular weight excluding hydrogens is 373 g/mol. The standard InChI is InChI=1S/C12H19N5O2.HI/c1-2-7-15-12(13)16-9-8-14-10-5-3-4-6-11(10)17(18)19;/h3-6,14H,2,7-9H2,1H3,(H3,13,15,16);1H. The highest BCUT2D eigenvalue weighted by molar-refractivity contribution is 14.0. The van der Waals surface area contributed by atoms with Gasteiger partial charge in [0.15, 0.2) is 5.96 Å². The van der Waals surface area contributed by atoms with Gasteiger partial charge in [-0.15, -0.1) is 24.0 Å². The molecule has 0 bridgehead atoms. The highest BCUT2D eigenvalue weighted by atomic mass is 127. The minimum atomic E-state index is -0.410. The van der Waals surface area contributed by atoms with Gasteiger partial charge in [-0.2, -0.15) is 0 Å². The molecule has 0 atom stereocenters. The Labute approximate surface area is 135 Å². The number of benzene rings is 1. The molecule has 1 rings (SSSR count). The van der Waals surface area contributed by atoms with E-state index < -0.39 is 4.92 Å². The smallest absolute Gasteiger partial charge is 0.292 e. The van der Waals surface area contributed by atoms with E-state index in [0.29, 0.717) is 31.3 Å². The summed E-state index contributed by atoms with van der Waals surface area (Å²) in [5, 5.41) is 16.7. The molecule has 0 aliphatic carbocycles. The molecular formula is C12H20IN5O2. The largest absolute Gasteiger partial charge is 0.378 e. The van der Waals surface area contributed by atoms with Gasteiger partial charge in [-0.1, -0.05) is 19.1 Å². The van der Waals surface area contributed by atoms with E-state index in [1.165, 1.54) is 6.07 Å². The summed E-state index contributed by atoms with van der Waals surface area (Å²) in [6.45, 7) is 3.78. The summed E-state index contributed by atoms with van der Waals surface area (Å²) >= 11 is 0. The first-order valence-corrected chi connectivity index (χ1v) is 6.16. The maximum atomic E-state index is 10.8. The first-order valence-electron chi connectivity index (χ1n) is 6.16. The molecule has 0 fully saturated rings. The maximum Gasteiger partial charge on any atom is 0.292 e. The Morgan fingerprint density at radius 1 is 1.40 bits per heavy atom. The average Bonchev–Trinajstić information content (AvgIpc) is 2.41. The van der Waals surface area contributed by atoms with E-state index in [1.807, 2.05) is 6.92 Å². The summed E-state index contributed by atoms with van der Waals surface area (Å²) in [4.78, 5) is 14.5. The zero-order valence-electron chi connectivity index (χ0n) is 11.3. The van der Waals surface area contributed by atoms with E-state index in [0.717, 1.165) is 6.42 Å². The number of halogens is 1. The molecule has 7 nitrogen and oxygen atoms in total. The van der Waals surface area contributed by atoms with Crippen molar-refractivity contribution in [3.8, 4) is 0 Å². The van der Waals surface area contributed by atoms with Crippen LogP contribution in [-0.2, 0) is 0 Å². The van der Waals surface area contributed by atoms with Gasteiger partial charge in [0.2, 0.25) is 0 Å². The second-order valence-corrected chi connectivity index (χ2v) is 3.89. The normalized spacial score (nSPS) is 10.6. The number of guanidine groups is 1. The lowest BCUT2D eigenvalue weighted by atomic mass is 10.2. The number of nitro benzene ring substituents is 1. The van der Waals surface area contributed by atoms with Crippen LogP contribution >= 0.6 is 24.0 Å². The number of nitrogens with one attached hydrogen (secondary N) is 2. The van der Waals surface area contributed by atoms with Gasteiger partial charge in [0.1, 0.15) is 5.69 Å². The SMILES string of the molecule is CCCN=C(N)NCCNc1ccccc1[N+](=O)[O-].I. The zero-order chi connectivity index (χ0) is 14.1. The molecule has 0 heterocycles. The van der Waals surface area contributed by atoms with Gasteiger partial charge < -0.3 is 16.4 Å². The van der Waals surface area contributed by atoms with Crippen LogP contribution in [0.3, 0.4) is 0 Å². The second-order valence-electron chi connectivity index (χ2n) is 3.89.